The Morgan fingerprint density at radius 1 is 0.938 bits per heavy atom. The van der Waals surface area contributed by atoms with Crippen molar-refractivity contribution in [1.29, 1.82) is 0 Å². The van der Waals surface area contributed by atoms with E-state index in [1.165, 1.54) is 5.56 Å². The summed E-state index contributed by atoms with van der Waals surface area (Å²) in [5, 5.41) is 13.7. The fourth-order valence-corrected chi connectivity index (χ4v) is 4.75. The van der Waals surface area contributed by atoms with Gasteiger partial charge in [-0.05, 0) is 49.4 Å². The van der Waals surface area contributed by atoms with E-state index in [-0.39, 0.29) is 12.1 Å². The highest BCUT2D eigenvalue weighted by Crippen LogP contribution is 2.35. The molecule has 0 amide bonds. The number of piperazine rings is 1. The molecule has 1 fully saturated rings. The second-order valence-corrected chi connectivity index (χ2v) is 9.39. The molecule has 1 N–H and O–H groups in total. The average Bonchev–Trinajstić information content (AvgIpc) is 2.81. The summed E-state index contributed by atoms with van der Waals surface area (Å²) in [4.78, 5) is 4.88. The van der Waals surface area contributed by atoms with Crippen molar-refractivity contribution >= 4 is 22.4 Å². The van der Waals surface area contributed by atoms with Gasteiger partial charge in [0, 0.05) is 44.2 Å². The minimum atomic E-state index is -0.551. The Morgan fingerprint density at radius 2 is 1.66 bits per heavy atom. The Morgan fingerprint density at radius 3 is 2.34 bits per heavy atom. The van der Waals surface area contributed by atoms with E-state index in [4.69, 9.17) is 16.3 Å². The van der Waals surface area contributed by atoms with Gasteiger partial charge in [0.2, 0.25) is 0 Å². The summed E-state index contributed by atoms with van der Waals surface area (Å²) >= 11 is 6.57. The molecule has 4 nitrogen and oxygen atoms in total. The third kappa shape index (κ3) is 5.26. The normalized spacial score (nSPS) is 17.6. The molecule has 5 heteroatoms. The molecule has 3 aromatic rings. The van der Waals surface area contributed by atoms with Crippen molar-refractivity contribution in [2.24, 2.45) is 0 Å². The molecule has 32 heavy (non-hydrogen) atoms. The van der Waals surface area contributed by atoms with Gasteiger partial charge in [0.05, 0.1) is 17.2 Å². The summed E-state index contributed by atoms with van der Waals surface area (Å²) in [6.07, 6.45) is -0.481. The number of rotatable bonds is 7. The number of nitrogens with zero attached hydrogens (tertiary/aromatic N) is 2. The van der Waals surface area contributed by atoms with Crippen LogP contribution in [0, 0.1) is 0 Å². The quantitative estimate of drug-likeness (QED) is 0.512. The highest BCUT2D eigenvalue weighted by molar-refractivity contribution is 6.37. The molecule has 4 rings (SSSR count). The lowest BCUT2D eigenvalue weighted by Gasteiger charge is -2.39. The molecule has 0 bridgehead atoms. The van der Waals surface area contributed by atoms with E-state index < -0.39 is 6.10 Å². The molecule has 0 aromatic heterocycles. The first kappa shape index (κ1) is 23.1. The van der Waals surface area contributed by atoms with Crippen LogP contribution in [0.3, 0.4) is 0 Å². The third-order valence-electron chi connectivity index (χ3n) is 6.34. The summed E-state index contributed by atoms with van der Waals surface area (Å²) < 4.78 is 5.80. The van der Waals surface area contributed by atoms with Crippen molar-refractivity contribution in [3.05, 3.63) is 76.8 Å². The van der Waals surface area contributed by atoms with Gasteiger partial charge in [-0.1, -0.05) is 60.1 Å². The van der Waals surface area contributed by atoms with Crippen molar-refractivity contribution in [3.8, 4) is 5.75 Å². The van der Waals surface area contributed by atoms with Crippen LogP contribution in [-0.4, -0.2) is 53.2 Å². The number of fused-ring (bicyclic) bond motifs is 1. The molecular formula is C27H33ClN2O2. The van der Waals surface area contributed by atoms with E-state index >= 15 is 0 Å². The van der Waals surface area contributed by atoms with Gasteiger partial charge < -0.3 is 9.84 Å². The number of ether oxygens (including phenoxy) is 1. The molecule has 0 radical (unpaired) electrons. The van der Waals surface area contributed by atoms with Crippen LogP contribution in [0.2, 0.25) is 5.02 Å². The van der Waals surface area contributed by atoms with Gasteiger partial charge in [0.15, 0.2) is 0 Å². The van der Waals surface area contributed by atoms with Gasteiger partial charge in [-0.2, -0.15) is 0 Å². The highest BCUT2D eigenvalue weighted by Gasteiger charge is 2.27. The van der Waals surface area contributed by atoms with Crippen molar-refractivity contribution in [2.75, 3.05) is 26.2 Å². The smallest absolute Gasteiger partial charge is 0.138 e. The monoisotopic (exact) mass is 452 g/mol. The molecule has 170 valence electrons. The Hall–Kier alpha value is -2.11. The molecular weight excluding hydrogens is 420 g/mol. The molecule has 1 aliphatic rings. The fourth-order valence-electron chi connectivity index (χ4n) is 4.47. The van der Waals surface area contributed by atoms with E-state index in [1.54, 1.807) is 0 Å². The van der Waals surface area contributed by atoms with E-state index in [2.05, 4.69) is 47.1 Å². The van der Waals surface area contributed by atoms with Crippen molar-refractivity contribution < 1.29 is 9.84 Å². The highest BCUT2D eigenvalue weighted by atomic mass is 35.5. The molecule has 1 aliphatic heterocycles. The van der Waals surface area contributed by atoms with Crippen LogP contribution >= 0.6 is 11.6 Å². The number of hydrogen-bond acceptors (Lipinski definition) is 4. The van der Waals surface area contributed by atoms with Crippen molar-refractivity contribution in [1.82, 2.24) is 9.80 Å². The summed E-state index contributed by atoms with van der Waals surface area (Å²) in [5.74, 6) is 0.698. The first-order valence-corrected chi connectivity index (χ1v) is 11.9. The largest absolute Gasteiger partial charge is 0.489 e. The lowest BCUT2D eigenvalue weighted by molar-refractivity contribution is 0.0245. The first-order valence-electron chi connectivity index (χ1n) is 11.5. The minimum absolute atomic E-state index is 0.0466. The van der Waals surface area contributed by atoms with Gasteiger partial charge in [0.25, 0.3) is 0 Å². The Labute approximate surface area is 196 Å². The Bertz CT molecular complexity index is 1030. The number of aliphatic hydroxyl groups is 1. The maximum absolute atomic E-state index is 11.1. The van der Waals surface area contributed by atoms with Gasteiger partial charge in [0.1, 0.15) is 5.75 Å². The van der Waals surface area contributed by atoms with E-state index in [0.29, 0.717) is 10.8 Å². The zero-order valence-electron chi connectivity index (χ0n) is 19.2. The van der Waals surface area contributed by atoms with Crippen LogP contribution in [0.5, 0.6) is 5.75 Å². The second kappa shape index (κ2) is 10.2. The Kier molecular flexibility index (Phi) is 7.37. The van der Waals surface area contributed by atoms with Gasteiger partial charge in [-0.3, -0.25) is 9.80 Å². The molecule has 1 heterocycles. The lowest BCUT2D eigenvalue weighted by atomic mass is 9.98. The summed E-state index contributed by atoms with van der Waals surface area (Å²) in [6.45, 7) is 11.0. The Balaban J connectivity index is 1.40. The van der Waals surface area contributed by atoms with Crippen LogP contribution in [0.1, 0.15) is 38.0 Å². The van der Waals surface area contributed by atoms with Crippen LogP contribution in [-0.2, 0) is 6.54 Å². The zero-order chi connectivity index (χ0) is 22.7. The number of hydrogen-bond donors (Lipinski definition) is 1. The molecule has 1 saturated heterocycles. The van der Waals surface area contributed by atoms with Crippen LogP contribution in [0.4, 0.5) is 0 Å². The minimum Gasteiger partial charge on any atom is -0.489 e. The molecule has 0 aliphatic carbocycles. The third-order valence-corrected chi connectivity index (χ3v) is 6.73. The molecule has 2 unspecified atom stereocenters. The maximum Gasteiger partial charge on any atom is 0.138 e. The van der Waals surface area contributed by atoms with Crippen LogP contribution in [0.25, 0.3) is 10.8 Å². The predicted molar refractivity (Wildman–Crippen MR) is 132 cm³/mol. The van der Waals surface area contributed by atoms with E-state index in [1.807, 2.05) is 44.2 Å². The van der Waals surface area contributed by atoms with Crippen LogP contribution in [0.15, 0.2) is 60.7 Å². The van der Waals surface area contributed by atoms with Crippen molar-refractivity contribution in [2.45, 2.75) is 45.6 Å². The summed E-state index contributed by atoms with van der Waals surface area (Å²) in [7, 11) is 0. The second-order valence-electron chi connectivity index (χ2n) is 9.01. The van der Waals surface area contributed by atoms with Gasteiger partial charge >= 0.3 is 0 Å². The van der Waals surface area contributed by atoms with Crippen molar-refractivity contribution in [3.63, 3.8) is 0 Å². The topological polar surface area (TPSA) is 35.9 Å². The van der Waals surface area contributed by atoms with Gasteiger partial charge in [-0.25, -0.2) is 0 Å². The molecule has 0 spiro atoms. The SMILES string of the molecule is CC(C)Oc1ccc2cc(C(O)C(C)N3CCN(Cc4ccccc4)CC3)ccc2c1Cl. The van der Waals surface area contributed by atoms with Crippen LogP contribution < -0.4 is 4.74 Å². The standard InChI is InChI=1S/C27H33ClN2O2/c1-19(2)32-25-12-10-22-17-23(9-11-24(22)26(25)28)27(31)20(3)30-15-13-29(14-16-30)18-21-7-5-4-6-8-21/h4-12,17,19-20,27,31H,13-16,18H2,1-3H3. The molecule has 2 atom stereocenters. The maximum atomic E-state index is 11.1. The molecule has 0 saturated carbocycles. The zero-order valence-corrected chi connectivity index (χ0v) is 19.9. The van der Waals surface area contributed by atoms with Gasteiger partial charge in [-0.15, -0.1) is 0 Å². The number of aliphatic hydroxyl groups excluding tert-OH is 1. The number of benzene rings is 3. The number of halogens is 1. The lowest BCUT2D eigenvalue weighted by Crippen LogP contribution is -2.50. The first-order chi connectivity index (χ1) is 15.4. The predicted octanol–water partition coefficient (Wildman–Crippen LogP) is 5.52. The summed E-state index contributed by atoms with van der Waals surface area (Å²) in [6, 6.07) is 20.6. The fraction of sp³-hybridized carbons (Fsp3) is 0.407. The summed E-state index contributed by atoms with van der Waals surface area (Å²) in [5.41, 5.74) is 2.27. The average molecular weight is 453 g/mol. The molecule has 3 aromatic carbocycles. The van der Waals surface area contributed by atoms with E-state index in [9.17, 15) is 5.11 Å². The van der Waals surface area contributed by atoms with E-state index in [0.717, 1.165) is 49.1 Å².